The number of pyridine rings is 1. The summed E-state index contributed by atoms with van der Waals surface area (Å²) in [4.78, 5) is 5.21. The summed E-state index contributed by atoms with van der Waals surface area (Å²) in [5.41, 5.74) is 0.552. The topological polar surface area (TPSA) is 16.1 Å². The van der Waals surface area contributed by atoms with E-state index in [1.54, 1.807) is 13.1 Å². The average molecular weight is 239 g/mol. The summed E-state index contributed by atoms with van der Waals surface area (Å²) in [5.74, 6) is 0. The highest BCUT2D eigenvalue weighted by atomic mass is 35.5. The zero-order valence-corrected chi connectivity index (χ0v) is 8.81. The van der Waals surface area contributed by atoms with Crippen molar-refractivity contribution in [2.75, 3.05) is 18.5 Å². The Hall–Kier alpha value is -0.970. The van der Waals surface area contributed by atoms with Crippen molar-refractivity contribution in [1.82, 2.24) is 4.98 Å². The fourth-order valence-corrected chi connectivity index (χ4v) is 1.36. The molecule has 15 heavy (non-hydrogen) atoms. The van der Waals surface area contributed by atoms with Crippen molar-refractivity contribution in [2.45, 2.75) is 12.6 Å². The van der Waals surface area contributed by atoms with Crippen molar-refractivity contribution in [2.24, 2.45) is 0 Å². The van der Waals surface area contributed by atoms with E-state index in [-0.39, 0.29) is 6.54 Å². The van der Waals surface area contributed by atoms with E-state index in [1.807, 2.05) is 0 Å². The van der Waals surface area contributed by atoms with Gasteiger partial charge < -0.3 is 4.90 Å². The van der Waals surface area contributed by atoms with Gasteiger partial charge in [-0.3, -0.25) is 4.98 Å². The fraction of sp³-hybridized carbons (Fsp3) is 0.444. The van der Waals surface area contributed by atoms with E-state index < -0.39 is 12.6 Å². The number of alkyl halides is 3. The Labute approximate surface area is 90.7 Å². The van der Waals surface area contributed by atoms with Gasteiger partial charge in [-0.2, -0.15) is 13.2 Å². The van der Waals surface area contributed by atoms with Gasteiger partial charge in [-0.1, -0.05) is 11.6 Å². The highest BCUT2D eigenvalue weighted by molar-refractivity contribution is 6.33. The number of hydrogen-bond donors (Lipinski definition) is 0. The van der Waals surface area contributed by atoms with E-state index in [0.29, 0.717) is 10.7 Å². The van der Waals surface area contributed by atoms with Crippen LogP contribution in [0.4, 0.5) is 18.9 Å². The Balaban J connectivity index is 2.62. The molecule has 84 valence electrons. The van der Waals surface area contributed by atoms with Gasteiger partial charge in [0.05, 0.1) is 17.1 Å². The molecule has 1 rings (SSSR count). The number of anilines is 1. The summed E-state index contributed by atoms with van der Waals surface area (Å²) in [6, 6.07) is 1.58. The molecular weight excluding hydrogens is 229 g/mol. The Morgan fingerprint density at radius 2 is 2.13 bits per heavy atom. The van der Waals surface area contributed by atoms with E-state index in [9.17, 15) is 13.2 Å². The minimum Gasteiger partial charge on any atom is -0.373 e. The normalized spacial score (nSPS) is 11.5. The molecule has 1 aromatic heterocycles. The molecule has 0 saturated carbocycles. The molecule has 0 fully saturated rings. The van der Waals surface area contributed by atoms with Crippen molar-refractivity contribution in [3.8, 4) is 0 Å². The lowest BCUT2D eigenvalue weighted by atomic mass is 10.3. The summed E-state index contributed by atoms with van der Waals surface area (Å²) < 4.78 is 35.9. The first-order valence-electron chi connectivity index (χ1n) is 4.27. The SMILES string of the molecule is CN(CCC(F)(F)F)c1ccncc1Cl. The van der Waals surface area contributed by atoms with Gasteiger partial charge in [0.25, 0.3) is 0 Å². The van der Waals surface area contributed by atoms with Crippen LogP contribution in [0.15, 0.2) is 18.5 Å². The fourth-order valence-electron chi connectivity index (χ4n) is 1.09. The third-order valence-electron chi connectivity index (χ3n) is 1.89. The number of aromatic nitrogens is 1. The first-order chi connectivity index (χ1) is 6.90. The molecule has 0 saturated heterocycles. The van der Waals surface area contributed by atoms with Gasteiger partial charge in [-0.25, -0.2) is 0 Å². The van der Waals surface area contributed by atoms with E-state index in [1.165, 1.54) is 17.3 Å². The first-order valence-corrected chi connectivity index (χ1v) is 4.65. The zero-order chi connectivity index (χ0) is 11.5. The lowest BCUT2D eigenvalue weighted by Crippen LogP contribution is -2.24. The zero-order valence-electron chi connectivity index (χ0n) is 8.05. The van der Waals surface area contributed by atoms with Crippen molar-refractivity contribution >= 4 is 17.3 Å². The van der Waals surface area contributed by atoms with Gasteiger partial charge in [0.15, 0.2) is 0 Å². The summed E-state index contributed by atoms with van der Waals surface area (Å²) >= 11 is 5.78. The molecule has 6 heteroatoms. The maximum absolute atomic E-state index is 12.0. The lowest BCUT2D eigenvalue weighted by Gasteiger charge is -2.20. The quantitative estimate of drug-likeness (QED) is 0.804. The minimum absolute atomic E-state index is 0.118. The highest BCUT2D eigenvalue weighted by Crippen LogP contribution is 2.25. The standard InChI is InChI=1S/C9H10ClF3N2/c1-15(5-3-9(11,12)13)8-2-4-14-6-7(8)10/h2,4,6H,3,5H2,1H3. The van der Waals surface area contributed by atoms with Gasteiger partial charge >= 0.3 is 6.18 Å². The van der Waals surface area contributed by atoms with Crippen molar-refractivity contribution in [1.29, 1.82) is 0 Å². The average Bonchev–Trinajstić information content (AvgIpc) is 2.14. The van der Waals surface area contributed by atoms with Crippen molar-refractivity contribution in [3.63, 3.8) is 0 Å². The van der Waals surface area contributed by atoms with Gasteiger partial charge in [0, 0.05) is 26.0 Å². The molecule has 0 unspecified atom stereocenters. The summed E-state index contributed by atoms with van der Waals surface area (Å²) in [7, 11) is 1.56. The van der Waals surface area contributed by atoms with Crippen LogP contribution in [-0.4, -0.2) is 24.8 Å². The molecule has 2 nitrogen and oxygen atoms in total. The largest absolute Gasteiger partial charge is 0.390 e. The maximum Gasteiger partial charge on any atom is 0.390 e. The monoisotopic (exact) mass is 238 g/mol. The lowest BCUT2D eigenvalue weighted by molar-refractivity contribution is -0.132. The van der Waals surface area contributed by atoms with Gasteiger partial charge in [-0.05, 0) is 6.07 Å². The van der Waals surface area contributed by atoms with E-state index in [0.717, 1.165) is 0 Å². The molecule has 1 heterocycles. The van der Waals surface area contributed by atoms with Crippen LogP contribution < -0.4 is 4.90 Å². The Morgan fingerprint density at radius 3 is 2.67 bits per heavy atom. The van der Waals surface area contributed by atoms with Crippen LogP contribution in [-0.2, 0) is 0 Å². The number of nitrogens with zero attached hydrogens (tertiary/aromatic N) is 2. The van der Waals surface area contributed by atoms with Crippen LogP contribution >= 0.6 is 11.6 Å². The van der Waals surface area contributed by atoms with E-state index in [4.69, 9.17) is 11.6 Å². The first kappa shape index (κ1) is 12.1. The molecule has 0 aliphatic carbocycles. The van der Waals surface area contributed by atoms with E-state index in [2.05, 4.69) is 4.98 Å². The Morgan fingerprint density at radius 1 is 1.47 bits per heavy atom. The molecule has 0 radical (unpaired) electrons. The second-order valence-corrected chi connectivity index (χ2v) is 3.52. The number of hydrogen-bond acceptors (Lipinski definition) is 2. The molecule has 0 spiro atoms. The second kappa shape index (κ2) is 4.70. The van der Waals surface area contributed by atoms with Crippen LogP contribution in [0.25, 0.3) is 0 Å². The molecule has 0 bridgehead atoms. The third kappa shape index (κ3) is 3.95. The van der Waals surface area contributed by atoms with Crippen molar-refractivity contribution in [3.05, 3.63) is 23.5 Å². The van der Waals surface area contributed by atoms with E-state index >= 15 is 0 Å². The van der Waals surface area contributed by atoms with Gasteiger partial charge in [-0.15, -0.1) is 0 Å². The smallest absolute Gasteiger partial charge is 0.373 e. The Bertz CT molecular complexity index is 327. The maximum atomic E-state index is 12.0. The minimum atomic E-state index is -4.15. The van der Waals surface area contributed by atoms with Crippen LogP contribution in [0.5, 0.6) is 0 Å². The van der Waals surface area contributed by atoms with Gasteiger partial charge in [0.1, 0.15) is 0 Å². The second-order valence-electron chi connectivity index (χ2n) is 3.11. The molecule has 0 aliphatic rings. The van der Waals surface area contributed by atoms with Crippen LogP contribution in [0, 0.1) is 0 Å². The van der Waals surface area contributed by atoms with Crippen LogP contribution in [0.2, 0.25) is 5.02 Å². The molecule has 1 aromatic rings. The number of halogens is 4. The Kier molecular flexibility index (Phi) is 3.79. The molecular formula is C9H10ClF3N2. The molecule has 0 amide bonds. The summed E-state index contributed by atoms with van der Waals surface area (Å²) in [6.45, 7) is -0.118. The van der Waals surface area contributed by atoms with Crippen LogP contribution in [0.1, 0.15) is 6.42 Å². The molecule has 0 atom stereocenters. The van der Waals surface area contributed by atoms with Crippen molar-refractivity contribution < 1.29 is 13.2 Å². The van der Waals surface area contributed by atoms with Gasteiger partial charge in [0.2, 0.25) is 0 Å². The summed E-state index contributed by atoms with van der Waals surface area (Å²) in [5, 5.41) is 0.349. The predicted octanol–water partition coefficient (Wildman–Crippen LogP) is 3.12. The summed E-state index contributed by atoms with van der Waals surface area (Å²) in [6.07, 6.45) is -2.11. The van der Waals surface area contributed by atoms with Crippen LogP contribution in [0.3, 0.4) is 0 Å². The third-order valence-corrected chi connectivity index (χ3v) is 2.18. The number of rotatable bonds is 3. The molecule has 0 aromatic carbocycles. The molecule has 0 N–H and O–H groups in total. The molecule has 0 aliphatic heterocycles. The highest BCUT2D eigenvalue weighted by Gasteiger charge is 2.27. The predicted molar refractivity (Wildman–Crippen MR) is 53.2 cm³/mol.